The van der Waals surface area contributed by atoms with Crippen LogP contribution in [-0.4, -0.2) is 30.3 Å². The Morgan fingerprint density at radius 1 is 0.920 bits per heavy atom. The first kappa shape index (κ1) is 17.5. The summed E-state index contributed by atoms with van der Waals surface area (Å²) >= 11 is 0. The molecule has 0 atom stereocenters. The lowest BCUT2D eigenvalue weighted by Gasteiger charge is -2.17. The van der Waals surface area contributed by atoms with Crippen molar-refractivity contribution in [2.75, 3.05) is 16.8 Å². The molecule has 1 aliphatic carbocycles. The molecule has 6 nitrogen and oxygen atoms in total. The van der Waals surface area contributed by atoms with Gasteiger partial charge in [0.05, 0.1) is 0 Å². The molecule has 2 N–H and O–H groups in total. The predicted molar refractivity (Wildman–Crippen MR) is 96.3 cm³/mol. The third-order valence-corrected chi connectivity index (χ3v) is 4.91. The van der Waals surface area contributed by atoms with Gasteiger partial charge in [0.15, 0.2) is 0 Å². The molecular formula is C19H25N3O3. The molecular weight excluding hydrogens is 318 g/mol. The average molecular weight is 343 g/mol. The van der Waals surface area contributed by atoms with Gasteiger partial charge in [-0.05, 0) is 43.5 Å². The minimum absolute atomic E-state index is 0.101. The predicted octanol–water partition coefficient (Wildman–Crippen LogP) is 2.59. The molecule has 0 unspecified atom stereocenters. The Labute approximate surface area is 148 Å². The summed E-state index contributed by atoms with van der Waals surface area (Å²) in [6, 6.07) is 7.13. The Morgan fingerprint density at radius 2 is 1.60 bits per heavy atom. The Morgan fingerprint density at radius 3 is 2.20 bits per heavy atom. The number of hydrogen-bond acceptors (Lipinski definition) is 3. The van der Waals surface area contributed by atoms with Crippen molar-refractivity contribution in [2.24, 2.45) is 0 Å². The van der Waals surface area contributed by atoms with Crippen molar-refractivity contribution < 1.29 is 14.4 Å². The third-order valence-electron chi connectivity index (χ3n) is 4.91. The van der Waals surface area contributed by atoms with Gasteiger partial charge in [-0.2, -0.15) is 0 Å². The number of amides is 3. The third kappa shape index (κ3) is 4.59. The maximum Gasteiger partial charge on any atom is 0.313 e. The Kier molecular flexibility index (Phi) is 5.68. The number of carbonyl (C=O) groups excluding carboxylic acids is 3. The van der Waals surface area contributed by atoms with Gasteiger partial charge >= 0.3 is 11.8 Å². The molecule has 1 aromatic carbocycles. The van der Waals surface area contributed by atoms with Crippen molar-refractivity contribution in [1.82, 2.24) is 5.32 Å². The van der Waals surface area contributed by atoms with Crippen molar-refractivity contribution in [3.63, 3.8) is 0 Å². The van der Waals surface area contributed by atoms with Crippen LogP contribution in [0.2, 0.25) is 0 Å². The van der Waals surface area contributed by atoms with E-state index in [2.05, 4.69) is 10.6 Å². The summed E-state index contributed by atoms with van der Waals surface area (Å²) in [5, 5.41) is 5.46. The highest BCUT2D eigenvalue weighted by Gasteiger charge is 2.22. The first-order valence-corrected chi connectivity index (χ1v) is 9.16. The summed E-state index contributed by atoms with van der Waals surface area (Å²) in [4.78, 5) is 37.6. The van der Waals surface area contributed by atoms with E-state index in [1.165, 1.54) is 12.8 Å². The number of rotatable bonds is 3. The van der Waals surface area contributed by atoms with Crippen LogP contribution in [0.15, 0.2) is 24.3 Å². The van der Waals surface area contributed by atoms with E-state index in [4.69, 9.17) is 0 Å². The molecule has 0 spiro atoms. The van der Waals surface area contributed by atoms with E-state index in [0.717, 1.165) is 44.3 Å². The molecule has 6 heteroatoms. The fraction of sp³-hybridized carbons (Fsp3) is 0.526. The molecule has 0 bridgehead atoms. The number of carbonyl (C=O) groups is 3. The molecule has 3 rings (SSSR count). The Balaban J connectivity index is 1.53. The van der Waals surface area contributed by atoms with Gasteiger partial charge in [-0.25, -0.2) is 0 Å². The van der Waals surface area contributed by atoms with E-state index in [-0.39, 0.29) is 11.9 Å². The minimum Gasteiger partial charge on any atom is -0.345 e. The molecule has 1 saturated heterocycles. The zero-order chi connectivity index (χ0) is 17.6. The highest BCUT2D eigenvalue weighted by atomic mass is 16.2. The maximum atomic E-state index is 12.1. The molecule has 2 aliphatic rings. The van der Waals surface area contributed by atoms with Crippen molar-refractivity contribution >= 4 is 29.1 Å². The molecule has 0 aromatic heterocycles. The average Bonchev–Trinajstić information content (AvgIpc) is 2.88. The quantitative estimate of drug-likeness (QED) is 0.654. The number of nitrogens with one attached hydrogen (secondary N) is 2. The zero-order valence-electron chi connectivity index (χ0n) is 14.4. The van der Waals surface area contributed by atoms with Crippen molar-refractivity contribution in [1.29, 1.82) is 0 Å². The van der Waals surface area contributed by atoms with Gasteiger partial charge in [0.2, 0.25) is 5.91 Å². The number of anilines is 2. The van der Waals surface area contributed by atoms with E-state index in [1.807, 2.05) is 0 Å². The molecule has 1 aromatic rings. The molecule has 1 aliphatic heterocycles. The largest absolute Gasteiger partial charge is 0.345 e. The SMILES string of the molecule is O=C(Nc1ccc(N2CCCC2=O)cc1)C(=O)NC1CCCCCC1. The van der Waals surface area contributed by atoms with E-state index in [0.29, 0.717) is 12.1 Å². The van der Waals surface area contributed by atoms with E-state index in [1.54, 1.807) is 29.2 Å². The smallest absolute Gasteiger partial charge is 0.313 e. The van der Waals surface area contributed by atoms with Gasteiger partial charge < -0.3 is 15.5 Å². The van der Waals surface area contributed by atoms with Crippen LogP contribution in [0.4, 0.5) is 11.4 Å². The van der Waals surface area contributed by atoms with Crippen LogP contribution in [0, 0.1) is 0 Å². The molecule has 1 heterocycles. The van der Waals surface area contributed by atoms with Crippen LogP contribution in [-0.2, 0) is 14.4 Å². The van der Waals surface area contributed by atoms with Gasteiger partial charge in [0, 0.05) is 30.4 Å². The lowest BCUT2D eigenvalue weighted by molar-refractivity contribution is -0.136. The van der Waals surface area contributed by atoms with Crippen molar-refractivity contribution in [3.8, 4) is 0 Å². The second-order valence-electron chi connectivity index (χ2n) is 6.81. The van der Waals surface area contributed by atoms with Crippen LogP contribution >= 0.6 is 0 Å². The highest BCUT2D eigenvalue weighted by Crippen LogP contribution is 2.23. The lowest BCUT2D eigenvalue weighted by Crippen LogP contribution is -2.41. The van der Waals surface area contributed by atoms with Crippen LogP contribution in [0.3, 0.4) is 0 Å². The summed E-state index contributed by atoms with van der Waals surface area (Å²) in [5.41, 5.74) is 1.37. The molecule has 134 valence electrons. The minimum atomic E-state index is -0.644. The summed E-state index contributed by atoms with van der Waals surface area (Å²) in [5.74, 6) is -1.10. The van der Waals surface area contributed by atoms with Gasteiger partial charge in [0.1, 0.15) is 0 Å². The highest BCUT2D eigenvalue weighted by molar-refractivity contribution is 6.39. The number of nitrogens with zero attached hydrogens (tertiary/aromatic N) is 1. The molecule has 0 radical (unpaired) electrons. The van der Waals surface area contributed by atoms with E-state index >= 15 is 0 Å². The normalized spacial score (nSPS) is 18.7. The summed E-state index contributed by atoms with van der Waals surface area (Å²) in [6.45, 7) is 0.730. The fourth-order valence-corrected chi connectivity index (χ4v) is 3.51. The standard InChI is InChI=1S/C19H25N3O3/c23-17-8-5-13-22(17)16-11-9-15(10-12-16)21-19(25)18(24)20-14-6-3-1-2-4-7-14/h9-12,14H,1-8,13H2,(H,20,24)(H,21,25). The first-order valence-electron chi connectivity index (χ1n) is 9.16. The summed E-state index contributed by atoms with van der Waals surface area (Å²) in [7, 11) is 0. The number of hydrogen-bond donors (Lipinski definition) is 2. The monoisotopic (exact) mass is 343 g/mol. The van der Waals surface area contributed by atoms with Gasteiger partial charge in [0.25, 0.3) is 0 Å². The van der Waals surface area contributed by atoms with E-state index < -0.39 is 11.8 Å². The Bertz CT molecular complexity index is 634. The lowest BCUT2D eigenvalue weighted by atomic mass is 10.1. The second kappa shape index (κ2) is 8.14. The first-order chi connectivity index (χ1) is 12.1. The van der Waals surface area contributed by atoms with Crippen molar-refractivity contribution in [2.45, 2.75) is 57.4 Å². The van der Waals surface area contributed by atoms with Gasteiger partial charge in [-0.1, -0.05) is 25.7 Å². The second-order valence-corrected chi connectivity index (χ2v) is 6.81. The van der Waals surface area contributed by atoms with E-state index in [9.17, 15) is 14.4 Å². The number of benzene rings is 1. The molecule has 25 heavy (non-hydrogen) atoms. The van der Waals surface area contributed by atoms with Crippen LogP contribution in [0.1, 0.15) is 51.4 Å². The zero-order valence-corrected chi connectivity index (χ0v) is 14.4. The molecule has 2 fully saturated rings. The van der Waals surface area contributed by atoms with Crippen LogP contribution in [0.5, 0.6) is 0 Å². The molecule has 1 saturated carbocycles. The summed E-state index contributed by atoms with van der Waals surface area (Å²) < 4.78 is 0. The fourth-order valence-electron chi connectivity index (χ4n) is 3.51. The summed E-state index contributed by atoms with van der Waals surface area (Å²) in [6.07, 6.45) is 7.94. The van der Waals surface area contributed by atoms with Crippen LogP contribution in [0.25, 0.3) is 0 Å². The van der Waals surface area contributed by atoms with Gasteiger partial charge in [-0.15, -0.1) is 0 Å². The maximum absolute atomic E-state index is 12.1. The van der Waals surface area contributed by atoms with Crippen LogP contribution < -0.4 is 15.5 Å². The topological polar surface area (TPSA) is 78.5 Å². The molecule has 3 amide bonds. The Hall–Kier alpha value is -2.37. The van der Waals surface area contributed by atoms with Gasteiger partial charge in [-0.3, -0.25) is 14.4 Å². The van der Waals surface area contributed by atoms with Crippen molar-refractivity contribution in [3.05, 3.63) is 24.3 Å².